The Morgan fingerprint density at radius 3 is 2.28 bits per heavy atom. The molecule has 0 amide bonds. The lowest BCUT2D eigenvalue weighted by atomic mass is 9.81. The van der Waals surface area contributed by atoms with Crippen molar-refractivity contribution in [3.63, 3.8) is 0 Å². The van der Waals surface area contributed by atoms with Gasteiger partial charge in [-0.2, -0.15) is 0 Å². The van der Waals surface area contributed by atoms with Gasteiger partial charge in [-0.3, -0.25) is 0 Å². The van der Waals surface area contributed by atoms with Gasteiger partial charge in [0, 0.05) is 16.6 Å². The van der Waals surface area contributed by atoms with E-state index in [-0.39, 0.29) is 5.41 Å². The third-order valence-corrected chi connectivity index (χ3v) is 4.21. The van der Waals surface area contributed by atoms with Gasteiger partial charge in [-0.1, -0.05) is 50.0 Å². The van der Waals surface area contributed by atoms with Crippen LogP contribution in [0.25, 0.3) is 0 Å². The van der Waals surface area contributed by atoms with E-state index in [0.717, 1.165) is 48.0 Å². The van der Waals surface area contributed by atoms with Crippen molar-refractivity contribution in [2.24, 2.45) is 5.41 Å². The van der Waals surface area contributed by atoms with E-state index < -0.39 is 0 Å². The molecular formula is C15H23Cl2N. The van der Waals surface area contributed by atoms with Crippen LogP contribution in [0, 0.1) is 5.41 Å². The summed E-state index contributed by atoms with van der Waals surface area (Å²) >= 11 is 12.5. The first-order valence-corrected chi connectivity index (χ1v) is 7.41. The van der Waals surface area contributed by atoms with E-state index in [0.29, 0.717) is 0 Å². The Kier molecular flexibility index (Phi) is 6.48. The van der Waals surface area contributed by atoms with Crippen molar-refractivity contribution in [1.29, 1.82) is 0 Å². The third kappa shape index (κ3) is 4.46. The zero-order chi connectivity index (χ0) is 13.6. The normalized spacial score (nSPS) is 14.5. The number of rotatable bonds is 7. The van der Waals surface area contributed by atoms with Crippen LogP contribution < -0.4 is 5.32 Å². The van der Waals surface area contributed by atoms with Crippen LogP contribution in [0.3, 0.4) is 0 Å². The highest BCUT2D eigenvalue weighted by Crippen LogP contribution is 2.33. The molecule has 1 aromatic rings. The molecule has 0 aliphatic rings. The fraction of sp³-hybridized carbons (Fsp3) is 0.600. The van der Waals surface area contributed by atoms with Crippen LogP contribution in [-0.2, 0) is 6.42 Å². The zero-order valence-corrected chi connectivity index (χ0v) is 13.0. The summed E-state index contributed by atoms with van der Waals surface area (Å²) in [6.45, 7) is 8.75. The fourth-order valence-corrected chi connectivity index (χ4v) is 2.54. The molecule has 0 bridgehead atoms. The topological polar surface area (TPSA) is 12.0 Å². The summed E-state index contributed by atoms with van der Waals surface area (Å²) in [5, 5.41) is 5.05. The summed E-state index contributed by atoms with van der Waals surface area (Å²) < 4.78 is 0. The monoisotopic (exact) mass is 287 g/mol. The molecule has 1 rings (SSSR count). The third-order valence-electron chi connectivity index (χ3n) is 3.50. The van der Waals surface area contributed by atoms with E-state index in [9.17, 15) is 0 Å². The zero-order valence-electron chi connectivity index (χ0n) is 11.5. The Balaban J connectivity index is 2.78. The van der Waals surface area contributed by atoms with Gasteiger partial charge in [0.1, 0.15) is 0 Å². The molecule has 1 nitrogen and oxygen atoms in total. The van der Waals surface area contributed by atoms with E-state index in [4.69, 9.17) is 23.2 Å². The van der Waals surface area contributed by atoms with Gasteiger partial charge in [0.25, 0.3) is 0 Å². The standard InChI is InChI=1S/C15H23Cl2N/c1-4-9-18-11-15(3,5-2)10-12-13(16)7-6-8-14(12)17/h6-8,18H,4-5,9-11H2,1-3H3. The molecule has 0 aromatic heterocycles. The van der Waals surface area contributed by atoms with Crippen molar-refractivity contribution in [3.05, 3.63) is 33.8 Å². The van der Waals surface area contributed by atoms with E-state index in [1.807, 2.05) is 18.2 Å². The SMILES string of the molecule is CCCNCC(C)(CC)Cc1c(Cl)cccc1Cl. The van der Waals surface area contributed by atoms with Crippen molar-refractivity contribution >= 4 is 23.2 Å². The quantitative estimate of drug-likeness (QED) is 0.700. The van der Waals surface area contributed by atoms with Crippen molar-refractivity contribution in [2.75, 3.05) is 13.1 Å². The molecule has 18 heavy (non-hydrogen) atoms. The molecule has 0 aliphatic carbocycles. The van der Waals surface area contributed by atoms with E-state index in [1.165, 1.54) is 0 Å². The average Bonchev–Trinajstić information content (AvgIpc) is 2.35. The summed E-state index contributed by atoms with van der Waals surface area (Å²) in [4.78, 5) is 0. The van der Waals surface area contributed by atoms with Crippen molar-refractivity contribution in [2.45, 2.75) is 40.0 Å². The van der Waals surface area contributed by atoms with Gasteiger partial charge in [0.05, 0.1) is 0 Å². The minimum absolute atomic E-state index is 0.198. The number of hydrogen-bond donors (Lipinski definition) is 1. The number of hydrogen-bond acceptors (Lipinski definition) is 1. The smallest absolute Gasteiger partial charge is 0.0453 e. The molecule has 1 atom stereocenters. The highest BCUT2D eigenvalue weighted by atomic mass is 35.5. The van der Waals surface area contributed by atoms with Crippen LogP contribution in [0.4, 0.5) is 0 Å². The first-order chi connectivity index (χ1) is 8.52. The van der Waals surface area contributed by atoms with Crippen LogP contribution >= 0.6 is 23.2 Å². The van der Waals surface area contributed by atoms with Crippen LogP contribution in [0.2, 0.25) is 10.0 Å². The first-order valence-electron chi connectivity index (χ1n) is 6.66. The highest BCUT2D eigenvalue weighted by Gasteiger charge is 2.24. The average molecular weight is 288 g/mol. The van der Waals surface area contributed by atoms with Gasteiger partial charge in [0.15, 0.2) is 0 Å². The summed E-state index contributed by atoms with van der Waals surface area (Å²) in [7, 11) is 0. The minimum atomic E-state index is 0.198. The van der Waals surface area contributed by atoms with Gasteiger partial charge in [-0.25, -0.2) is 0 Å². The van der Waals surface area contributed by atoms with Gasteiger partial charge in [-0.15, -0.1) is 0 Å². The molecule has 1 unspecified atom stereocenters. The molecule has 0 radical (unpaired) electrons. The molecule has 0 saturated heterocycles. The highest BCUT2D eigenvalue weighted by molar-refractivity contribution is 6.36. The number of nitrogens with one attached hydrogen (secondary N) is 1. The van der Waals surface area contributed by atoms with Crippen LogP contribution in [0.1, 0.15) is 39.2 Å². The maximum Gasteiger partial charge on any atom is 0.0453 e. The maximum atomic E-state index is 6.25. The van der Waals surface area contributed by atoms with Crippen LogP contribution in [-0.4, -0.2) is 13.1 Å². The lowest BCUT2D eigenvalue weighted by Gasteiger charge is -2.29. The minimum Gasteiger partial charge on any atom is -0.316 e. The van der Waals surface area contributed by atoms with Gasteiger partial charge in [0.2, 0.25) is 0 Å². The predicted octanol–water partition coefficient (Wildman–Crippen LogP) is 4.95. The Morgan fingerprint density at radius 1 is 1.17 bits per heavy atom. The molecule has 0 aliphatic heterocycles. The Hall–Kier alpha value is -0.240. The Bertz CT molecular complexity index is 359. The van der Waals surface area contributed by atoms with E-state index >= 15 is 0 Å². The molecular weight excluding hydrogens is 265 g/mol. The van der Waals surface area contributed by atoms with Gasteiger partial charge >= 0.3 is 0 Å². The summed E-state index contributed by atoms with van der Waals surface area (Å²) in [5.74, 6) is 0. The second-order valence-electron chi connectivity index (χ2n) is 5.22. The van der Waals surface area contributed by atoms with Gasteiger partial charge in [-0.05, 0) is 48.9 Å². The Labute approximate surface area is 121 Å². The molecule has 1 N–H and O–H groups in total. The lowest BCUT2D eigenvalue weighted by Crippen LogP contribution is -2.33. The van der Waals surface area contributed by atoms with Crippen molar-refractivity contribution in [1.82, 2.24) is 5.32 Å². The molecule has 3 heteroatoms. The second-order valence-corrected chi connectivity index (χ2v) is 6.03. The van der Waals surface area contributed by atoms with Crippen molar-refractivity contribution in [3.8, 4) is 0 Å². The van der Waals surface area contributed by atoms with Crippen molar-refractivity contribution < 1.29 is 0 Å². The van der Waals surface area contributed by atoms with E-state index in [2.05, 4.69) is 26.1 Å². The van der Waals surface area contributed by atoms with Crippen LogP contribution in [0.15, 0.2) is 18.2 Å². The summed E-state index contributed by atoms with van der Waals surface area (Å²) in [6, 6.07) is 5.73. The number of halogens is 2. The molecule has 0 fully saturated rings. The van der Waals surface area contributed by atoms with Crippen LogP contribution in [0.5, 0.6) is 0 Å². The molecule has 0 heterocycles. The Morgan fingerprint density at radius 2 is 1.78 bits per heavy atom. The largest absolute Gasteiger partial charge is 0.316 e. The second kappa shape index (κ2) is 7.37. The number of benzene rings is 1. The lowest BCUT2D eigenvalue weighted by molar-refractivity contribution is 0.291. The van der Waals surface area contributed by atoms with E-state index in [1.54, 1.807) is 0 Å². The molecule has 1 aromatic carbocycles. The molecule has 0 saturated carbocycles. The summed E-state index contributed by atoms with van der Waals surface area (Å²) in [5.41, 5.74) is 1.27. The maximum absolute atomic E-state index is 6.25. The molecule has 102 valence electrons. The van der Waals surface area contributed by atoms with Gasteiger partial charge < -0.3 is 5.32 Å². The predicted molar refractivity (Wildman–Crippen MR) is 81.7 cm³/mol. The molecule has 0 spiro atoms. The first kappa shape index (κ1) is 15.8. The summed E-state index contributed by atoms with van der Waals surface area (Å²) in [6.07, 6.45) is 3.18. The fourth-order valence-electron chi connectivity index (χ4n) is 2.01.